The topological polar surface area (TPSA) is 58.6 Å². The molecule has 0 aliphatic heterocycles. The van der Waals surface area contributed by atoms with Gasteiger partial charge in [-0.2, -0.15) is 0 Å². The van der Waals surface area contributed by atoms with Gasteiger partial charge in [0.25, 0.3) is 0 Å². The van der Waals surface area contributed by atoms with Gasteiger partial charge in [-0.15, -0.1) is 11.3 Å². The highest BCUT2D eigenvalue weighted by Crippen LogP contribution is 2.40. The molecule has 0 fully saturated rings. The Labute approximate surface area is 177 Å². The molecular weight excluding hydrogens is 384 g/mol. The smallest absolute Gasteiger partial charge is 0.341 e. The van der Waals surface area contributed by atoms with Crippen molar-refractivity contribution < 1.29 is 14.3 Å². The van der Waals surface area contributed by atoms with E-state index in [9.17, 15) is 9.59 Å². The molecule has 6 heteroatoms. The van der Waals surface area contributed by atoms with Gasteiger partial charge in [0, 0.05) is 11.4 Å². The Kier molecular flexibility index (Phi) is 7.45. The van der Waals surface area contributed by atoms with Crippen LogP contribution < -0.4 is 5.32 Å². The molecule has 1 N–H and O–H groups in total. The second kappa shape index (κ2) is 10.0. The predicted molar refractivity (Wildman–Crippen MR) is 117 cm³/mol. The maximum Gasteiger partial charge on any atom is 0.341 e. The van der Waals surface area contributed by atoms with Crippen LogP contribution in [0.5, 0.6) is 0 Å². The van der Waals surface area contributed by atoms with Gasteiger partial charge in [0.2, 0.25) is 5.91 Å². The quantitative estimate of drug-likeness (QED) is 0.646. The minimum Gasteiger partial charge on any atom is -0.462 e. The van der Waals surface area contributed by atoms with E-state index < -0.39 is 0 Å². The lowest BCUT2D eigenvalue weighted by Crippen LogP contribution is -2.33. The average Bonchev–Trinajstić information content (AvgIpc) is 3.05. The fourth-order valence-corrected chi connectivity index (χ4v) is 5.16. The van der Waals surface area contributed by atoms with Crippen LogP contribution in [0, 0.1) is 5.92 Å². The number of carbonyl (C=O) groups is 2. The molecule has 1 aromatic heterocycles. The van der Waals surface area contributed by atoms with Crippen LogP contribution in [0.4, 0.5) is 5.00 Å². The maximum atomic E-state index is 12.8. The number of thiophene rings is 1. The summed E-state index contributed by atoms with van der Waals surface area (Å²) in [5.41, 5.74) is 2.81. The number of carbonyl (C=O) groups excluding carboxylic acids is 2. The number of hydrogen-bond donors (Lipinski definition) is 1. The molecular formula is C23H30N2O3S. The van der Waals surface area contributed by atoms with Crippen LogP contribution in [0.1, 0.15) is 53.6 Å². The molecule has 3 rings (SSSR count). The van der Waals surface area contributed by atoms with Crippen LogP contribution in [0.25, 0.3) is 0 Å². The molecule has 0 saturated carbocycles. The van der Waals surface area contributed by atoms with Crippen LogP contribution >= 0.6 is 11.3 Å². The molecule has 1 aliphatic carbocycles. The molecule has 0 unspecified atom stereocenters. The first-order valence-corrected chi connectivity index (χ1v) is 11.2. The van der Waals surface area contributed by atoms with Crippen molar-refractivity contribution in [1.29, 1.82) is 0 Å². The van der Waals surface area contributed by atoms with Crippen molar-refractivity contribution in [1.82, 2.24) is 4.90 Å². The van der Waals surface area contributed by atoms with Crippen LogP contribution in [0.2, 0.25) is 0 Å². The molecule has 0 saturated heterocycles. The van der Waals surface area contributed by atoms with Crippen molar-refractivity contribution in [3.8, 4) is 0 Å². The molecule has 0 spiro atoms. The number of benzene rings is 1. The van der Waals surface area contributed by atoms with E-state index in [1.807, 2.05) is 25.1 Å². The number of hydrogen-bond acceptors (Lipinski definition) is 5. The number of anilines is 1. The van der Waals surface area contributed by atoms with Crippen molar-refractivity contribution in [2.75, 3.05) is 25.0 Å². The zero-order chi connectivity index (χ0) is 20.8. The highest BCUT2D eigenvalue weighted by atomic mass is 32.1. The lowest BCUT2D eigenvalue weighted by molar-refractivity contribution is -0.117. The molecule has 2 aromatic rings. The third-order valence-corrected chi connectivity index (χ3v) is 6.48. The minimum atomic E-state index is -0.327. The van der Waals surface area contributed by atoms with Crippen molar-refractivity contribution in [2.24, 2.45) is 5.92 Å². The second-order valence-electron chi connectivity index (χ2n) is 7.61. The van der Waals surface area contributed by atoms with Crippen molar-refractivity contribution >= 4 is 28.2 Å². The van der Waals surface area contributed by atoms with Gasteiger partial charge in [-0.05, 0) is 49.8 Å². The Morgan fingerprint density at radius 1 is 1.24 bits per heavy atom. The van der Waals surface area contributed by atoms with E-state index in [0.29, 0.717) is 29.6 Å². The summed E-state index contributed by atoms with van der Waals surface area (Å²) in [6.45, 7) is 8.18. The molecule has 1 aliphatic rings. The van der Waals surface area contributed by atoms with Crippen LogP contribution in [0.15, 0.2) is 30.3 Å². The summed E-state index contributed by atoms with van der Waals surface area (Å²) in [5, 5.41) is 3.65. The van der Waals surface area contributed by atoms with E-state index >= 15 is 0 Å². The Morgan fingerprint density at radius 2 is 2.00 bits per heavy atom. The average molecular weight is 415 g/mol. The van der Waals surface area contributed by atoms with E-state index in [-0.39, 0.29) is 18.4 Å². The van der Waals surface area contributed by atoms with Gasteiger partial charge in [0.05, 0.1) is 18.7 Å². The lowest BCUT2D eigenvalue weighted by atomic mass is 9.88. The van der Waals surface area contributed by atoms with Gasteiger partial charge in [0.15, 0.2) is 0 Å². The largest absolute Gasteiger partial charge is 0.462 e. The SMILES string of the molecule is CCOC(=O)c1c(NC(=O)CN(CC)Cc2ccccc2)sc2c1CC[C@H](C)C2. The summed E-state index contributed by atoms with van der Waals surface area (Å²) in [5.74, 6) is 0.174. The minimum absolute atomic E-state index is 0.0972. The normalized spacial score (nSPS) is 15.8. The number of fused-ring (bicyclic) bond motifs is 1. The van der Waals surface area contributed by atoms with Crippen molar-refractivity contribution in [3.63, 3.8) is 0 Å². The monoisotopic (exact) mass is 414 g/mol. The number of rotatable bonds is 8. The summed E-state index contributed by atoms with van der Waals surface area (Å²) in [6.07, 6.45) is 2.88. The summed E-state index contributed by atoms with van der Waals surface area (Å²) < 4.78 is 5.29. The molecule has 156 valence electrons. The van der Waals surface area contributed by atoms with Crippen LogP contribution in [-0.4, -0.2) is 36.5 Å². The number of nitrogens with one attached hydrogen (secondary N) is 1. The molecule has 29 heavy (non-hydrogen) atoms. The Hall–Kier alpha value is -2.18. The molecule has 0 radical (unpaired) electrons. The predicted octanol–water partition coefficient (Wildman–Crippen LogP) is 4.51. The number of likely N-dealkylation sites (N-methyl/N-ethyl adjacent to an activating group) is 1. The van der Waals surface area contributed by atoms with Crippen LogP contribution in [0.3, 0.4) is 0 Å². The second-order valence-corrected chi connectivity index (χ2v) is 8.72. The van der Waals surface area contributed by atoms with E-state index in [4.69, 9.17) is 4.74 Å². The molecule has 0 bridgehead atoms. The summed E-state index contributed by atoms with van der Waals surface area (Å²) in [6, 6.07) is 10.1. The third-order valence-electron chi connectivity index (χ3n) is 5.31. The van der Waals surface area contributed by atoms with Gasteiger partial charge in [-0.25, -0.2) is 4.79 Å². The summed E-state index contributed by atoms with van der Waals surface area (Å²) >= 11 is 1.54. The third kappa shape index (κ3) is 5.46. The van der Waals surface area contributed by atoms with Crippen LogP contribution in [-0.2, 0) is 28.9 Å². The van der Waals surface area contributed by atoms with Gasteiger partial charge in [0.1, 0.15) is 5.00 Å². The fraction of sp³-hybridized carbons (Fsp3) is 0.478. The first-order valence-electron chi connectivity index (χ1n) is 10.4. The van der Waals surface area contributed by atoms with Gasteiger partial charge in [-0.3, -0.25) is 9.69 Å². The first-order chi connectivity index (χ1) is 14.0. The van der Waals surface area contributed by atoms with Gasteiger partial charge in [-0.1, -0.05) is 44.2 Å². The van der Waals surface area contributed by atoms with E-state index in [0.717, 1.165) is 31.4 Å². The molecule has 1 atom stereocenters. The molecule has 1 amide bonds. The Balaban J connectivity index is 1.74. The van der Waals surface area contributed by atoms with E-state index in [2.05, 4.69) is 29.3 Å². The maximum absolute atomic E-state index is 12.8. The highest BCUT2D eigenvalue weighted by molar-refractivity contribution is 7.17. The zero-order valence-corrected chi connectivity index (χ0v) is 18.3. The van der Waals surface area contributed by atoms with E-state index in [1.165, 1.54) is 21.8 Å². The van der Waals surface area contributed by atoms with Gasteiger partial charge >= 0.3 is 5.97 Å². The lowest BCUT2D eigenvalue weighted by Gasteiger charge is -2.20. The Morgan fingerprint density at radius 3 is 2.69 bits per heavy atom. The molecule has 5 nitrogen and oxygen atoms in total. The fourth-order valence-electron chi connectivity index (χ4n) is 3.75. The summed E-state index contributed by atoms with van der Waals surface area (Å²) in [7, 11) is 0. The van der Waals surface area contributed by atoms with Crippen molar-refractivity contribution in [3.05, 3.63) is 51.9 Å². The molecule has 1 heterocycles. The first kappa shape index (κ1) is 21.5. The van der Waals surface area contributed by atoms with Crippen molar-refractivity contribution in [2.45, 2.75) is 46.6 Å². The number of esters is 1. The van der Waals surface area contributed by atoms with Gasteiger partial charge < -0.3 is 10.1 Å². The van der Waals surface area contributed by atoms with E-state index in [1.54, 1.807) is 6.92 Å². The molecule has 1 aromatic carbocycles. The number of amides is 1. The zero-order valence-electron chi connectivity index (χ0n) is 17.5. The highest BCUT2D eigenvalue weighted by Gasteiger charge is 2.29. The standard InChI is InChI=1S/C23H30N2O3S/c1-4-25(14-17-9-7-6-8-10-17)15-20(26)24-22-21(23(27)28-5-2)18-12-11-16(3)13-19(18)29-22/h6-10,16H,4-5,11-15H2,1-3H3,(H,24,26)/t16-/m0/s1. The summed E-state index contributed by atoms with van der Waals surface area (Å²) in [4.78, 5) is 28.7. The Bertz CT molecular complexity index is 847. The number of nitrogens with zero attached hydrogens (tertiary/aromatic N) is 1. The number of ether oxygens (including phenoxy) is 1.